The molecule has 0 atom stereocenters. The number of nitrogens with zero attached hydrogens (tertiary/aromatic N) is 6. The first-order valence-electron chi connectivity index (χ1n) is 9.47. The molecule has 0 amide bonds. The van der Waals surface area contributed by atoms with E-state index in [1.54, 1.807) is 28.4 Å². The van der Waals surface area contributed by atoms with Crippen molar-refractivity contribution in [3.8, 4) is 22.3 Å². The predicted molar refractivity (Wildman–Crippen MR) is 117 cm³/mol. The van der Waals surface area contributed by atoms with E-state index in [0.29, 0.717) is 17.0 Å². The van der Waals surface area contributed by atoms with E-state index >= 15 is 0 Å². The molecule has 8 heteroatoms. The number of hydrogen-bond acceptors (Lipinski definition) is 6. The number of thiazole rings is 1. The van der Waals surface area contributed by atoms with Gasteiger partial charge in [0.25, 0.3) is 0 Å². The minimum Gasteiger partial charge on any atom is -0.507 e. The summed E-state index contributed by atoms with van der Waals surface area (Å²) in [5.41, 5.74) is 4.26. The van der Waals surface area contributed by atoms with Gasteiger partial charge in [0.05, 0.1) is 10.9 Å². The van der Waals surface area contributed by atoms with Gasteiger partial charge >= 0.3 is 0 Å². The Kier molecular flexibility index (Phi) is 3.48. The van der Waals surface area contributed by atoms with Crippen molar-refractivity contribution in [3.63, 3.8) is 0 Å². The summed E-state index contributed by atoms with van der Waals surface area (Å²) in [4.78, 5) is 13.9. The van der Waals surface area contributed by atoms with Crippen LogP contribution in [0.3, 0.4) is 0 Å². The normalized spacial score (nSPS) is 11.8. The van der Waals surface area contributed by atoms with E-state index in [9.17, 15) is 5.11 Å². The highest BCUT2D eigenvalue weighted by Gasteiger charge is 2.21. The second-order valence-corrected chi connectivity index (χ2v) is 8.06. The number of aryl methyl sites for hydroxylation is 1. The highest BCUT2D eigenvalue weighted by Crippen LogP contribution is 2.36. The fourth-order valence-electron chi connectivity index (χ4n) is 3.97. The molecular formula is C22H16N6OS. The zero-order chi connectivity index (χ0) is 20.4. The second-order valence-electron chi connectivity index (χ2n) is 7.19. The Hall–Kier alpha value is -3.78. The minimum atomic E-state index is 0.182. The summed E-state index contributed by atoms with van der Waals surface area (Å²) in [5, 5.41) is 21.0. The Morgan fingerprint density at radius 2 is 1.87 bits per heavy atom. The van der Waals surface area contributed by atoms with Gasteiger partial charge in [-0.15, -0.1) is 16.4 Å². The fourth-order valence-corrected chi connectivity index (χ4v) is 4.66. The molecule has 0 unspecified atom stereocenters. The molecule has 146 valence electrons. The van der Waals surface area contributed by atoms with Gasteiger partial charge in [0.1, 0.15) is 12.1 Å². The summed E-state index contributed by atoms with van der Waals surface area (Å²) in [5.74, 6) is 0.646. The third-order valence-corrected chi connectivity index (χ3v) is 6.34. The summed E-state index contributed by atoms with van der Waals surface area (Å²) in [6.07, 6.45) is 3.45. The van der Waals surface area contributed by atoms with Crippen LogP contribution in [0.25, 0.3) is 44.0 Å². The van der Waals surface area contributed by atoms with Gasteiger partial charge in [-0.3, -0.25) is 4.57 Å². The standard InChI is InChI=1S/C22H16N6OS/c1-12-13(2)28(22-23-9-10-30-22)20-17(12)21-25-19(26-27(21)11-24-20)16-8-7-14-5-3-4-6-15(14)18(16)29/h3-11,29H,1-2H3. The third-order valence-electron chi connectivity index (χ3n) is 5.58. The van der Waals surface area contributed by atoms with Crippen molar-refractivity contribution in [3.05, 3.63) is 65.6 Å². The first-order valence-corrected chi connectivity index (χ1v) is 10.4. The Balaban J connectivity index is 1.63. The smallest absolute Gasteiger partial charge is 0.195 e. The van der Waals surface area contributed by atoms with Crippen LogP contribution in [0.2, 0.25) is 0 Å². The van der Waals surface area contributed by atoms with Crippen LogP contribution in [0, 0.1) is 13.8 Å². The summed E-state index contributed by atoms with van der Waals surface area (Å²) >= 11 is 1.56. The Morgan fingerprint density at radius 1 is 1.00 bits per heavy atom. The van der Waals surface area contributed by atoms with Gasteiger partial charge in [0, 0.05) is 22.7 Å². The Morgan fingerprint density at radius 3 is 2.70 bits per heavy atom. The van der Waals surface area contributed by atoms with E-state index in [4.69, 9.17) is 4.98 Å². The van der Waals surface area contributed by atoms with Gasteiger partial charge in [-0.1, -0.05) is 30.3 Å². The molecule has 6 aromatic rings. The molecule has 30 heavy (non-hydrogen) atoms. The van der Waals surface area contributed by atoms with Crippen LogP contribution in [0.4, 0.5) is 0 Å². The monoisotopic (exact) mass is 412 g/mol. The molecule has 0 aliphatic heterocycles. The van der Waals surface area contributed by atoms with Gasteiger partial charge in [0.2, 0.25) is 0 Å². The maximum atomic E-state index is 10.9. The number of rotatable bonds is 2. The van der Waals surface area contributed by atoms with Crippen molar-refractivity contribution >= 4 is 38.8 Å². The average Bonchev–Trinajstić information content (AvgIpc) is 3.48. The number of benzene rings is 2. The molecule has 1 N–H and O–H groups in total. The van der Waals surface area contributed by atoms with E-state index in [2.05, 4.69) is 33.5 Å². The van der Waals surface area contributed by atoms with Crippen molar-refractivity contribution in [2.75, 3.05) is 0 Å². The van der Waals surface area contributed by atoms with Gasteiger partial charge in [0.15, 0.2) is 22.3 Å². The van der Waals surface area contributed by atoms with E-state index in [1.807, 2.05) is 41.8 Å². The molecule has 0 saturated carbocycles. The quantitative estimate of drug-likeness (QED) is 0.447. The lowest BCUT2D eigenvalue weighted by atomic mass is 10.1. The molecule has 0 aliphatic carbocycles. The van der Waals surface area contributed by atoms with Gasteiger partial charge < -0.3 is 5.11 Å². The highest BCUT2D eigenvalue weighted by molar-refractivity contribution is 7.12. The second kappa shape index (κ2) is 6.11. The van der Waals surface area contributed by atoms with E-state index < -0.39 is 0 Å². The molecule has 4 aromatic heterocycles. The van der Waals surface area contributed by atoms with Gasteiger partial charge in [-0.05, 0) is 30.9 Å². The third kappa shape index (κ3) is 2.25. The van der Waals surface area contributed by atoms with E-state index in [1.165, 1.54) is 0 Å². The molecule has 7 nitrogen and oxygen atoms in total. The lowest BCUT2D eigenvalue weighted by Gasteiger charge is -2.04. The van der Waals surface area contributed by atoms with Crippen molar-refractivity contribution in [1.82, 2.24) is 29.1 Å². The Bertz CT molecular complexity index is 1580. The molecule has 0 fully saturated rings. The van der Waals surface area contributed by atoms with Crippen molar-refractivity contribution in [2.45, 2.75) is 13.8 Å². The molecule has 2 aromatic carbocycles. The van der Waals surface area contributed by atoms with Crippen LogP contribution in [-0.4, -0.2) is 34.2 Å². The maximum Gasteiger partial charge on any atom is 0.195 e. The van der Waals surface area contributed by atoms with Crippen molar-refractivity contribution in [1.29, 1.82) is 0 Å². The highest BCUT2D eigenvalue weighted by atomic mass is 32.1. The number of phenolic OH excluding ortho intramolecular Hbond substituents is 1. The van der Waals surface area contributed by atoms with Gasteiger partial charge in [-0.2, -0.15) is 0 Å². The molecule has 6 rings (SSSR count). The van der Waals surface area contributed by atoms with E-state index in [-0.39, 0.29) is 5.75 Å². The topological polar surface area (TPSA) is 81.1 Å². The lowest BCUT2D eigenvalue weighted by molar-refractivity contribution is 0.483. The molecule has 0 spiro atoms. The van der Waals surface area contributed by atoms with Crippen LogP contribution in [0.5, 0.6) is 5.75 Å². The first kappa shape index (κ1) is 17.1. The molecule has 0 bridgehead atoms. The molecule has 0 radical (unpaired) electrons. The van der Waals surface area contributed by atoms with Crippen molar-refractivity contribution in [2.24, 2.45) is 0 Å². The van der Waals surface area contributed by atoms with Crippen molar-refractivity contribution < 1.29 is 5.11 Å². The number of aromatic hydroxyl groups is 1. The largest absolute Gasteiger partial charge is 0.507 e. The number of hydrogen-bond donors (Lipinski definition) is 1. The van der Waals surface area contributed by atoms with E-state index in [0.717, 1.165) is 38.2 Å². The zero-order valence-corrected chi connectivity index (χ0v) is 17.1. The predicted octanol–water partition coefficient (Wildman–Crippen LogP) is 4.67. The van der Waals surface area contributed by atoms with Crippen LogP contribution < -0.4 is 0 Å². The summed E-state index contributed by atoms with van der Waals surface area (Å²) in [7, 11) is 0. The van der Waals surface area contributed by atoms with Crippen LogP contribution >= 0.6 is 11.3 Å². The summed E-state index contributed by atoms with van der Waals surface area (Å²) < 4.78 is 3.72. The van der Waals surface area contributed by atoms with Crippen LogP contribution in [0.15, 0.2) is 54.3 Å². The molecule has 4 heterocycles. The number of aromatic nitrogens is 6. The minimum absolute atomic E-state index is 0.182. The van der Waals surface area contributed by atoms with Crippen LogP contribution in [-0.2, 0) is 0 Å². The maximum absolute atomic E-state index is 10.9. The number of phenols is 1. The summed E-state index contributed by atoms with van der Waals surface area (Å²) in [6.45, 7) is 4.12. The SMILES string of the molecule is Cc1c(C)n(-c2nccs2)c2ncn3nc(-c4ccc5ccccc5c4O)nc3c12. The average molecular weight is 412 g/mol. The zero-order valence-electron chi connectivity index (χ0n) is 16.2. The number of fused-ring (bicyclic) bond motifs is 4. The van der Waals surface area contributed by atoms with Crippen LogP contribution in [0.1, 0.15) is 11.3 Å². The Labute approximate surface area is 174 Å². The summed E-state index contributed by atoms with van der Waals surface area (Å²) in [6, 6.07) is 11.5. The lowest BCUT2D eigenvalue weighted by Crippen LogP contribution is -1.98. The molecule has 0 saturated heterocycles. The fraction of sp³-hybridized carbons (Fsp3) is 0.0909. The first-order chi connectivity index (χ1) is 14.6. The molecular weight excluding hydrogens is 396 g/mol. The molecule has 0 aliphatic rings. The van der Waals surface area contributed by atoms with Gasteiger partial charge in [-0.25, -0.2) is 19.5 Å².